The van der Waals surface area contributed by atoms with Gasteiger partial charge in [-0.05, 0) is 53.3 Å². The standard InChI is InChI=1S/C27H26F3N3O5S/c1-15(11-16-7-6-8-17(12-16)38-27(28,29)30)18-9-4-5-10-19(18)20-13-21-22(14-23(20)33-39(3,35)36)32-24(26(31)34)25(21)37-2/h4-10,12-15,32-33H,11H2,1-3H3,(H2,31,34). The minimum absolute atomic E-state index is 0.0394. The van der Waals surface area contributed by atoms with E-state index in [1.807, 2.05) is 25.1 Å². The fourth-order valence-corrected chi connectivity index (χ4v) is 5.18. The number of alkyl halides is 3. The quantitative estimate of drug-likeness (QED) is 0.247. The Hall–Kier alpha value is -4.19. The largest absolute Gasteiger partial charge is 0.573 e. The number of aromatic nitrogens is 1. The summed E-state index contributed by atoms with van der Waals surface area (Å²) in [7, 11) is -2.30. The van der Waals surface area contributed by atoms with Crippen LogP contribution in [0.2, 0.25) is 0 Å². The first kappa shape index (κ1) is 27.8. The monoisotopic (exact) mass is 561 g/mol. The van der Waals surface area contributed by atoms with E-state index in [1.165, 1.54) is 25.3 Å². The second-order valence-electron chi connectivity index (χ2n) is 9.10. The molecule has 0 radical (unpaired) electrons. The number of fused-ring (bicyclic) bond motifs is 1. The van der Waals surface area contributed by atoms with Crippen LogP contribution in [0.4, 0.5) is 18.9 Å². The van der Waals surface area contributed by atoms with Crippen molar-refractivity contribution < 1.29 is 35.9 Å². The molecule has 4 aromatic rings. The van der Waals surface area contributed by atoms with Gasteiger partial charge in [-0.15, -0.1) is 13.2 Å². The maximum atomic E-state index is 12.7. The highest BCUT2D eigenvalue weighted by molar-refractivity contribution is 7.92. The zero-order chi connectivity index (χ0) is 28.5. The van der Waals surface area contributed by atoms with Crippen molar-refractivity contribution in [3.05, 3.63) is 77.5 Å². The minimum atomic E-state index is -4.80. The molecule has 1 unspecified atom stereocenters. The molecule has 1 atom stereocenters. The molecule has 0 spiro atoms. The van der Waals surface area contributed by atoms with Crippen LogP contribution in [0.3, 0.4) is 0 Å². The third kappa shape index (κ3) is 6.45. The molecule has 0 saturated carbocycles. The first-order chi connectivity index (χ1) is 18.3. The van der Waals surface area contributed by atoms with Crippen molar-refractivity contribution in [3.8, 4) is 22.6 Å². The summed E-state index contributed by atoms with van der Waals surface area (Å²) in [5.41, 5.74) is 8.86. The normalized spacial score (nSPS) is 12.8. The number of hydrogen-bond donors (Lipinski definition) is 3. The van der Waals surface area contributed by atoms with Gasteiger partial charge >= 0.3 is 6.36 Å². The molecule has 1 amide bonds. The highest BCUT2D eigenvalue weighted by atomic mass is 32.2. The van der Waals surface area contributed by atoms with Gasteiger partial charge in [0.1, 0.15) is 11.4 Å². The Labute approximate surface area is 223 Å². The number of halogens is 3. The van der Waals surface area contributed by atoms with E-state index in [1.54, 1.807) is 24.3 Å². The summed E-state index contributed by atoms with van der Waals surface area (Å²) in [5, 5.41) is 0.514. The Morgan fingerprint density at radius 2 is 1.79 bits per heavy atom. The lowest BCUT2D eigenvalue weighted by Crippen LogP contribution is -2.17. The maximum absolute atomic E-state index is 12.7. The average molecular weight is 562 g/mol. The number of nitrogens with two attached hydrogens (primary N) is 1. The molecular weight excluding hydrogens is 535 g/mol. The number of carbonyl (C=O) groups is 1. The Balaban J connectivity index is 1.82. The topological polar surface area (TPSA) is 124 Å². The summed E-state index contributed by atoms with van der Waals surface area (Å²) in [5.74, 6) is -1.03. The van der Waals surface area contributed by atoms with E-state index in [2.05, 4.69) is 14.4 Å². The summed E-state index contributed by atoms with van der Waals surface area (Å²) < 4.78 is 74.6. The third-order valence-electron chi connectivity index (χ3n) is 6.09. The van der Waals surface area contributed by atoms with Crippen molar-refractivity contribution in [2.24, 2.45) is 5.73 Å². The van der Waals surface area contributed by atoms with Crippen molar-refractivity contribution in [3.63, 3.8) is 0 Å². The molecule has 3 aromatic carbocycles. The molecule has 0 saturated heterocycles. The Bertz CT molecular complexity index is 1650. The first-order valence-electron chi connectivity index (χ1n) is 11.7. The highest BCUT2D eigenvalue weighted by Crippen LogP contribution is 2.41. The number of aromatic amines is 1. The predicted octanol–water partition coefficient (Wildman–Crippen LogP) is 5.56. The van der Waals surface area contributed by atoms with Crippen LogP contribution in [0.1, 0.15) is 34.5 Å². The number of ether oxygens (including phenoxy) is 2. The Kier molecular flexibility index (Phi) is 7.51. The fourth-order valence-electron chi connectivity index (χ4n) is 4.61. The van der Waals surface area contributed by atoms with Crippen LogP contribution in [-0.2, 0) is 16.4 Å². The smallest absolute Gasteiger partial charge is 0.494 e. The average Bonchev–Trinajstić information content (AvgIpc) is 3.19. The van der Waals surface area contributed by atoms with E-state index in [9.17, 15) is 26.4 Å². The molecule has 206 valence electrons. The number of H-pyrrole nitrogens is 1. The lowest BCUT2D eigenvalue weighted by atomic mass is 9.87. The molecular formula is C27H26F3N3O5S. The molecule has 4 rings (SSSR count). The van der Waals surface area contributed by atoms with Crippen LogP contribution in [0, 0.1) is 0 Å². The van der Waals surface area contributed by atoms with E-state index in [-0.39, 0.29) is 28.8 Å². The third-order valence-corrected chi connectivity index (χ3v) is 6.68. The van der Waals surface area contributed by atoms with Gasteiger partial charge in [0.2, 0.25) is 10.0 Å². The molecule has 0 bridgehead atoms. The number of rotatable bonds is 9. The zero-order valence-corrected chi connectivity index (χ0v) is 22.0. The molecule has 8 nitrogen and oxygen atoms in total. The summed E-state index contributed by atoms with van der Waals surface area (Å²) in [4.78, 5) is 14.8. The lowest BCUT2D eigenvalue weighted by molar-refractivity contribution is -0.274. The van der Waals surface area contributed by atoms with Gasteiger partial charge in [0.15, 0.2) is 5.75 Å². The van der Waals surface area contributed by atoms with E-state index in [0.717, 1.165) is 11.8 Å². The zero-order valence-electron chi connectivity index (χ0n) is 21.2. The van der Waals surface area contributed by atoms with Gasteiger partial charge in [0.25, 0.3) is 5.91 Å². The molecule has 1 heterocycles. The van der Waals surface area contributed by atoms with Crippen LogP contribution >= 0.6 is 0 Å². The maximum Gasteiger partial charge on any atom is 0.573 e. The number of primary amides is 1. The molecule has 0 aliphatic heterocycles. The van der Waals surface area contributed by atoms with E-state index >= 15 is 0 Å². The Morgan fingerprint density at radius 3 is 2.44 bits per heavy atom. The summed E-state index contributed by atoms with van der Waals surface area (Å²) in [6, 6.07) is 16.3. The van der Waals surface area contributed by atoms with Crippen LogP contribution in [-0.4, -0.2) is 39.0 Å². The van der Waals surface area contributed by atoms with Crippen LogP contribution in [0.25, 0.3) is 22.0 Å². The second-order valence-corrected chi connectivity index (χ2v) is 10.9. The summed E-state index contributed by atoms with van der Waals surface area (Å²) in [6.07, 6.45) is -3.40. The van der Waals surface area contributed by atoms with Crippen molar-refractivity contribution in [1.82, 2.24) is 4.98 Å². The number of hydrogen-bond acceptors (Lipinski definition) is 5. The first-order valence-corrected chi connectivity index (χ1v) is 13.6. The Morgan fingerprint density at radius 1 is 1.08 bits per heavy atom. The molecule has 39 heavy (non-hydrogen) atoms. The fraction of sp³-hybridized carbons (Fsp3) is 0.222. The van der Waals surface area contributed by atoms with Gasteiger partial charge in [0.05, 0.1) is 24.6 Å². The number of sulfonamides is 1. The summed E-state index contributed by atoms with van der Waals surface area (Å²) >= 11 is 0. The minimum Gasteiger partial charge on any atom is -0.494 e. The second kappa shape index (κ2) is 10.5. The number of anilines is 1. The number of benzene rings is 3. The molecule has 0 aliphatic carbocycles. The van der Waals surface area contributed by atoms with Gasteiger partial charge in [0, 0.05) is 10.9 Å². The van der Waals surface area contributed by atoms with Crippen molar-refractivity contribution in [1.29, 1.82) is 0 Å². The van der Waals surface area contributed by atoms with E-state index in [0.29, 0.717) is 34.0 Å². The van der Waals surface area contributed by atoms with Gasteiger partial charge in [-0.25, -0.2) is 8.42 Å². The van der Waals surface area contributed by atoms with E-state index < -0.39 is 22.3 Å². The van der Waals surface area contributed by atoms with Crippen LogP contribution < -0.4 is 19.9 Å². The van der Waals surface area contributed by atoms with E-state index in [4.69, 9.17) is 10.5 Å². The van der Waals surface area contributed by atoms with Gasteiger partial charge in [-0.2, -0.15) is 0 Å². The number of amides is 1. The highest BCUT2D eigenvalue weighted by Gasteiger charge is 2.31. The molecule has 1 aromatic heterocycles. The molecule has 0 fully saturated rings. The van der Waals surface area contributed by atoms with Gasteiger partial charge in [-0.3, -0.25) is 9.52 Å². The van der Waals surface area contributed by atoms with Gasteiger partial charge in [-0.1, -0.05) is 43.3 Å². The number of carbonyl (C=O) groups excluding carboxylic acids is 1. The number of methoxy groups -OCH3 is 1. The van der Waals surface area contributed by atoms with Crippen molar-refractivity contribution >= 4 is 32.5 Å². The van der Waals surface area contributed by atoms with Crippen molar-refractivity contribution in [2.75, 3.05) is 18.1 Å². The summed E-state index contributed by atoms with van der Waals surface area (Å²) in [6.45, 7) is 1.92. The van der Waals surface area contributed by atoms with Crippen LogP contribution in [0.15, 0.2) is 60.7 Å². The SMILES string of the molecule is COc1c(C(N)=O)[nH]c2cc(NS(C)(=O)=O)c(-c3ccccc3C(C)Cc3cccc(OC(F)(F)F)c3)cc12. The van der Waals surface area contributed by atoms with Crippen molar-refractivity contribution in [2.45, 2.75) is 25.6 Å². The predicted molar refractivity (Wildman–Crippen MR) is 143 cm³/mol. The lowest BCUT2D eigenvalue weighted by Gasteiger charge is -2.20. The molecule has 12 heteroatoms. The molecule has 0 aliphatic rings. The molecule has 4 N–H and O–H groups in total. The number of nitrogens with one attached hydrogen (secondary N) is 2. The van der Waals surface area contributed by atoms with Crippen LogP contribution in [0.5, 0.6) is 11.5 Å². The van der Waals surface area contributed by atoms with Gasteiger partial charge < -0.3 is 20.2 Å².